The first kappa shape index (κ1) is 12.0. The summed E-state index contributed by atoms with van der Waals surface area (Å²) in [6, 6.07) is 0. The molecular weight excluding hydrogens is 174 g/mol. The van der Waals surface area contributed by atoms with E-state index in [1.807, 2.05) is 0 Å². The Hall–Kier alpha value is -0.0800. The Kier molecular flexibility index (Phi) is 6.20. The molecule has 0 saturated carbocycles. The Balaban J connectivity index is 1.96. The van der Waals surface area contributed by atoms with E-state index in [4.69, 9.17) is 4.74 Å². The predicted molar refractivity (Wildman–Crippen MR) is 60.5 cm³/mol. The fourth-order valence-corrected chi connectivity index (χ4v) is 2.05. The first-order valence-corrected chi connectivity index (χ1v) is 6.15. The second-order valence-electron chi connectivity index (χ2n) is 4.54. The van der Waals surface area contributed by atoms with Gasteiger partial charge in [-0.2, -0.15) is 0 Å². The molecule has 2 unspecified atom stereocenters. The Morgan fingerprint density at radius 3 is 2.93 bits per heavy atom. The minimum absolute atomic E-state index is 0.484. The minimum Gasteiger partial charge on any atom is -0.377 e. The maximum Gasteiger partial charge on any atom is 0.0699 e. The van der Waals surface area contributed by atoms with E-state index in [0.717, 1.165) is 25.6 Å². The van der Waals surface area contributed by atoms with E-state index < -0.39 is 0 Å². The summed E-state index contributed by atoms with van der Waals surface area (Å²) in [7, 11) is 0. The van der Waals surface area contributed by atoms with Gasteiger partial charge in [0.1, 0.15) is 0 Å². The molecule has 14 heavy (non-hydrogen) atoms. The van der Waals surface area contributed by atoms with Crippen LogP contribution in [0.1, 0.15) is 46.0 Å². The maximum absolute atomic E-state index is 5.66. The van der Waals surface area contributed by atoms with Gasteiger partial charge < -0.3 is 10.1 Å². The van der Waals surface area contributed by atoms with E-state index in [2.05, 4.69) is 19.2 Å². The topological polar surface area (TPSA) is 21.3 Å². The van der Waals surface area contributed by atoms with Gasteiger partial charge in [0, 0.05) is 13.2 Å². The van der Waals surface area contributed by atoms with Gasteiger partial charge in [-0.05, 0) is 38.1 Å². The molecule has 0 aromatic heterocycles. The lowest BCUT2D eigenvalue weighted by Gasteiger charge is -2.23. The molecule has 1 saturated heterocycles. The van der Waals surface area contributed by atoms with Crippen LogP contribution < -0.4 is 5.32 Å². The van der Waals surface area contributed by atoms with Gasteiger partial charge in [-0.3, -0.25) is 0 Å². The normalized spacial score (nSPS) is 24.9. The van der Waals surface area contributed by atoms with Gasteiger partial charge in [0.15, 0.2) is 0 Å². The molecule has 0 aromatic carbocycles. The molecule has 0 bridgehead atoms. The second kappa shape index (κ2) is 7.24. The van der Waals surface area contributed by atoms with E-state index in [1.165, 1.54) is 32.1 Å². The van der Waals surface area contributed by atoms with Gasteiger partial charge in [-0.25, -0.2) is 0 Å². The van der Waals surface area contributed by atoms with E-state index in [0.29, 0.717) is 6.10 Å². The third-order valence-corrected chi connectivity index (χ3v) is 2.92. The molecule has 2 atom stereocenters. The van der Waals surface area contributed by atoms with Gasteiger partial charge in [-0.15, -0.1) is 0 Å². The third kappa shape index (κ3) is 4.97. The van der Waals surface area contributed by atoms with Crippen LogP contribution in [-0.2, 0) is 4.74 Å². The summed E-state index contributed by atoms with van der Waals surface area (Å²) in [5.41, 5.74) is 0. The summed E-state index contributed by atoms with van der Waals surface area (Å²) in [6.45, 7) is 7.73. The van der Waals surface area contributed by atoms with Gasteiger partial charge in [0.2, 0.25) is 0 Å². The molecule has 0 spiro atoms. The second-order valence-corrected chi connectivity index (χ2v) is 4.54. The highest BCUT2D eigenvalue weighted by Gasteiger charge is 2.13. The lowest BCUT2D eigenvalue weighted by Crippen LogP contribution is -2.33. The molecule has 84 valence electrons. The molecule has 1 aliphatic heterocycles. The van der Waals surface area contributed by atoms with Crippen molar-refractivity contribution in [2.45, 2.75) is 52.1 Å². The quantitative estimate of drug-likeness (QED) is 0.710. The van der Waals surface area contributed by atoms with E-state index in [9.17, 15) is 0 Å². The number of hydrogen-bond acceptors (Lipinski definition) is 2. The Morgan fingerprint density at radius 2 is 2.29 bits per heavy atom. The fraction of sp³-hybridized carbons (Fsp3) is 1.00. The summed E-state index contributed by atoms with van der Waals surface area (Å²) >= 11 is 0. The van der Waals surface area contributed by atoms with Crippen LogP contribution in [0.5, 0.6) is 0 Å². The standard InChI is InChI=1S/C12H25NO/c1-3-6-11(2)9-13-10-12-7-4-5-8-14-12/h11-13H,3-10H2,1-2H3. The summed E-state index contributed by atoms with van der Waals surface area (Å²) < 4.78 is 5.66. The smallest absolute Gasteiger partial charge is 0.0699 e. The monoisotopic (exact) mass is 199 g/mol. The molecule has 2 nitrogen and oxygen atoms in total. The largest absolute Gasteiger partial charge is 0.377 e. The first-order valence-electron chi connectivity index (χ1n) is 6.15. The third-order valence-electron chi connectivity index (χ3n) is 2.92. The van der Waals surface area contributed by atoms with Crippen LogP contribution in [0.2, 0.25) is 0 Å². The van der Waals surface area contributed by atoms with Crippen molar-refractivity contribution in [3.63, 3.8) is 0 Å². The lowest BCUT2D eigenvalue weighted by molar-refractivity contribution is 0.0166. The van der Waals surface area contributed by atoms with E-state index in [-0.39, 0.29) is 0 Å². The van der Waals surface area contributed by atoms with Crippen molar-refractivity contribution in [2.75, 3.05) is 19.7 Å². The van der Waals surface area contributed by atoms with Gasteiger partial charge in [-0.1, -0.05) is 20.3 Å². The summed E-state index contributed by atoms with van der Waals surface area (Å²) in [6.07, 6.45) is 6.95. The van der Waals surface area contributed by atoms with Crippen LogP contribution in [-0.4, -0.2) is 25.8 Å². The van der Waals surface area contributed by atoms with Crippen molar-refractivity contribution in [1.82, 2.24) is 5.32 Å². The molecule has 1 fully saturated rings. The minimum atomic E-state index is 0.484. The van der Waals surface area contributed by atoms with Crippen LogP contribution in [0.25, 0.3) is 0 Å². The predicted octanol–water partition coefficient (Wildman–Crippen LogP) is 2.58. The van der Waals surface area contributed by atoms with Crippen LogP contribution in [0, 0.1) is 5.92 Å². The molecule has 2 heteroatoms. The highest BCUT2D eigenvalue weighted by Crippen LogP contribution is 2.11. The molecule has 1 rings (SSSR count). The maximum atomic E-state index is 5.66. The Labute approximate surface area is 88.4 Å². The van der Waals surface area contributed by atoms with E-state index in [1.54, 1.807) is 0 Å². The molecule has 0 aromatic rings. The van der Waals surface area contributed by atoms with Gasteiger partial charge in [0.25, 0.3) is 0 Å². The highest BCUT2D eigenvalue weighted by atomic mass is 16.5. The molecule has 0 aliphatic carbocycles. The number of rotatable bonds is 6. The molecule has 1 aliphatic rings. The summed E-state index contributed by atoms with van der Waals surface area (Å²) in [5.74, 6) is 0.809. The highest BCUT2D eigenvalue weighted by molar-refractivity contribution is 4.67. The first-order chi connectivity index (χ1) is 6.83. The van der Waals surface area contributed by atoms with Gasteiger partial charge in [0.05, 0.1) is 6.10 Å². The van der Waals surface area contributed by atoms with Crippen molar-refractivity contribution in [3.05, 3.63) is 0 Å². The van der Waals surface area contributed by atoms with Gasteiger partial charge >= 0.3 is 0 Å². The van der Waals surface area contributed by atoms with Crippen molar-refractivity contribution >= 4 is 0 Å². The number of hydrogen-bond donors (Lipinski definition) is 1. The fourth-order valence-electron chi connectivity index (χ4n) is 2.05. The average molecular weight is 199 g/mol. The molecule has 0 amide bonds. The van der Waals surface area contributed by atoms with E-state index >= 15 is 0 Å². The number of ether oxygens (including phenoxy) is 1. The molecule has 1 heterocycles. The van der Waals surface area contributed by atoms with Crippen LogP contribution >= 0.6 is 0 Å². The Morgan fingerprint density at radius 1 is 1.43 bits per heavy atom. The zero-order valence-corrected chi connectivity index (χ0v) is 9.72. The van der Waals surface area contributed by atoms with Crippen molar-refractivity contribution in [2.24, 2.45) is 5.92 Å². The lowest BCUT2D eigenvalue weighted by atomic mass is 10.1. The number of nitrogens with one attached hydrogen (secondary N) is 1. The summed E-state index contributed by atoms with van der Waals surface area (Å²) in [4.78, 5) is 0. The zero-order chi connectivity index (χ0) is 10.2. The van der Waals surface area contributed by atoms with Crippen molar-refractivity contribution in [1.29, 1.82) is 0 Å². The van der Waals surface area contributed by atoms with Crippen LogP contribution in [0.15, 0.2) is 0 Å². The van der Waals surface area contributed by atoms with Crippen LogP contribution in [0.3, 0.4) is 0 Å². The Bertz CT molecular complexity index is 132. The molecular formula is C12H25NO. The average Bonchev–Trinajstić information content (AvgIpc) is 2.20. The zero-order valence-electron chi connectivity index (χ0n) is 9.72. The van der Waals surface area contributed by atoms with Crippen LogP contribution in [0.4, 0.5) is 0 Å². The van der Waals surface area contributed by atoms with Crippen molar-refractivity contribution < 1.29 is 4.74 Å². The summed E-state index contributed by atoms with van der Waals surface area (Å²) in [5, 5.41) is 3.51. The molecule has 1 N–H and O–H groups in total. The SMILES string of the molecule is CCCC(C)CNCC1CCCCO1. The molecule has 0 radical (unpaired) electrons. The van der Waals surface area contributed by atoms with Crippen molar-refractivity contribution in [3.8, 4) is 0 Å².